The van der Waals surface area contributed by atoms with Gasteiger partial charge in [0.1, 0.15) is 12.4 Å². The minimum atomic E-state index is -0.0817. The standard InChI is InChI=1S/C20H28N6O2S/c1-5-6-7-17-22-19(28-25-17)14(4)29-20-24-23-18(26(20)21)12-27-16-10-8-15(9-11-16)13(2)3/h8-11,13-14H,5-7,12,21H2,1-4H3/t14-/m1/s1. The van der Waals surface area contributed by atoms with Crippen molar-refractivity contribution in [2.24, 2.45) is 0 Å². The molecule has 1 aromatic carbocycles. The monoisotopic (exact) mass is 416 g/mol. The number of ether oxygens (including phenoxy) is 1. The Hall–Kier alpha value is -2.55. The quantitative estimate of drug-likeness (QED) is 0.386. The van der Waals surface area contributed by atoms with E-state index in [0.717, 1.165) is 30.8 Å². The second-order valence-electron chi connectivity index (χ2n) is 7.19. The average molecular weight is 417 g/mol. The Bertz CT molecular complexity index is 906. The highest BCUT2D eigenvalue weighted by Crippen LogP contribution is 2.32. The van der Waals surface area contributed by atoms with Gasteiger partial charge in [0.25, 0.3) is 0 Å². The van der Waals surface area contributed by atoms with Crippen molar-refractivity contribution in [1.82, 2.24) is 25.0 Å². The molecule has 9 heteroatoms. The van der Waals surface area contributed by atoms with Gasteiger partial charge < -0.3 is 15.1 Å². The van der Waals surface area contributed by atoms with Crippen LogP contribution < -0.4 is 10.6 Å². The number of hydrogen-bond donors (Lipinski definition) is 1. The normalized spacial score (nSPS) is 12.4. The van der Waals surface area contributed by atoms with E-state index in [0.29, 0.717) is 22.8 Å². The highest BCUT2D eigenvalue weighted by molar-refractivity contribution is 7.99. The zero-order valence-corrected chi connectivity index (χ0v) is 18.1. The van der Waals surface area contributed by atoms with Crippen LogP contribution in [0.15, 0.2) is 33.9 Å². The lowest BCUT2D eigenvalue weighted by Crippen LogP contribution is -2.16. The molecule has 2 aromatic heterocycles. The largest absolute Gasteiger partial charge is 0.486 e. The van der Waals surface area contributed by atoms with E-state index < -0.39 is 0 Å². The van der Waals surface area contributed by atoms with E-state index in [1.54, 1.807) is 0 Å². The predicted molar refractivity (Wildman–Crippen MR) is 112 cm³/mol. The van der Waals surface area contributed by atoms with Crippen molar-refractivity contribution in [3.63, 3.8) is 0 Å². The molecular weight excluding hydrogens is 388 g/mol. The van der Waals surface area contributed by atoms with Crippen molar-refractivity contribution in [3.8, 4) is 5.75 Å². The number of aryl methyl sites for hydroxylation is 1. The van der Waals surface area contributed by atoms with Gasteiger partial charge in [0.2, 0.25) is 11.0 Å². The molecule has 1 atom stereocenters. The van der Waals surface area contributed by atoms with Crippen LogP contribution in [-0.2, 0) is 13.0 Å². The molecule has 8 nitrogen and oxygen atoms in total. The van der Waals surface area contributed by atoms with Crippen molar-refractivity contribution in [3.05, 3.63) is 47.4 Å². The molecule has 2 heterocycles. The Morgan fingerprint density at radius 1 is 1.17 bits per heavy atom. The fraction of sp³-hybridized carbons (Fsp3) is 0.500. The Morgan fingerprint density at radius 2 is 1.93 bits per heavy atom. The molecule has 0 aliphatic carbocycles. The Morgan fingerprint density at radius 3 is 2.62 bits per heavy atom. The van der Waals surface area contributed by atoms with Crippen LogP contribution in [0.1, 0.15) is 74.8 Å². The van der Waals surface area contributed by atoms with Crippen molar-refractivity contribution in [1.29, 1.82) is 0 Å². The van der Waals surface area contributed by atoms with E-state index in [9.17, 15) is 0 Å². The van der Waals surface area contributed by atoms with Gasteiger partial charge in [0.15, 0.2) is 11.6 Å². The van der Waals surface area contributed by atoms with Crippen LogP contribution >= 0.6 is 11.8 Å². The second-order valence-corrected chi connectivity index (χ2v) is 8.50. The second kappa shape index (κ2) is 9.78. The molecule has 0 amide bonds. The molecule has 29 heavy (non-hydrogen) atoms. The van der Waals surface area contributed by atoms with Gasteiger partial charge >= 0.3 is 0 Å². The molecule has 0 aliphatic heterocycles. The van der Waals surface area contributed by atoms with E-state index in [2.05, 4.69) is 53.2 Å². The zero-order chi connectivity index (χ0) is 20.8. The molecule has 0 saturated carbocycles. The predicted octanol–water partition coefficient (Wildman–Crippen LogP) is 4.27. The van der Waals surface area contributed by atoms with Crippen molar-refractivity contribution < 1.29 is 9.26 Å². The van der Waals surface area contributed by atoms with Crippen LogP contribution in [0.2, 0.25) is 0 Å². The third-order valence-electron chi connectivity index (χ3n) is 4.52. The molecule has 156 valence electrons. The highest BCUT2D eigenvalue weighted by atomic mass is 32.2. The SMILES string of the molecule is CCCCc1noc([C@@H](C)Sc2nnc(COc3ccc(C(C)C)cc3)n2N)n1. The van der Waals surface area contributed by atoms with Gasteiger partial charge in [-0.1, -0.05) is 56.2 Å². The number of nitrogen functional groups attached to an aromatic ring is 1. The number of nitrogens with zero attached hydrogens (tertiary/aromatic N) is 5. The van der Waals surface area contributed by atoms with Crippen molar-refractivity contribution >= 4 is 11.8 Å². The minimum absolute atomic E-state index is 0.0817. The first-order valence-electron chi connectivity index (χ1n) is 9.89. The van der Waals surface area contributed by atoms with Gasteiger partial charge in [-0.2, -0.15) is 4.98 Å². The summed E-state index contributed by atoms with van der Waals surface area (Å²) in [5.74, 6) is 9.25. The summed E-state index contributed by atoms with van der Waals surface area (Å²) in [6, 6.07) is 8.04. The summed E-state index contributed by atoms with van der Waals surface area (Å²) in [6.07, 6.45) is 2.96. The zero-order valence-electron chi connectivity index (χ0n) is 17.3. The van der Waals surface area contributed by atoms with Gasteiger partial charge in [-0.15, -0.1) is 10.2 Å². The van der Waals surface area contributed by atoms with Gasteiger partial charge in [0.05, 0.1) is 5.25 Å². The van der Waals surface area contributed by atoms with E-state index in [1.165, 1.54) is 22.0 Å². The van der Waals surface area contributed by atoms with Crippen LogP contribution in [0.5, 0.6) is 5.75 Å². The molecule has 2 N–H and O–H groups in total. The summed E-state index contributed by atoms with van der Waals surface area (Å²) in [6.45, 7) is 8.67. The Kier molecular flexibility index (Phi) is 7.13. The number of hydrogen-bond acceptors (Lipinski definition) is 8. The number of rotatable bonds is 10. The molecule has 0 saturated heterocycles. The molecule has 0 fully saturated rings. The lowest BCUT2D eigenvalue weighted by atomic mass is 10.0. The maximum absolute atomic E-state index is 6.15. The molecule has 3 aromatic rings. The fourth-order valence-electron chi connectivity index (χ4n) is 2.66. The Labute approximate surface area is 175 Å². The maximum atomic E-state index is 6.15. The first kappa shape index (κ1) is 21.2. The lowest BCUT2D eigenvalue weighted by Gasteiger charge is -2.09. The van der Waals surface area contributed by atoms with Crippen molar-refractivity contribution in [2.75, 3.05) is 5.84 Å². The molecule has 3 rings (SSSR count). The topological polar surface area (TPSA) is 105 Å². The number of thioether (sulfide) groups is 1. The summed E-state index contributed by atoms with van der Waals surface area (Å²) in [5.41, 5.74) is 1.27. The van der Waals surface area contributed by atoms with E-state index >= 15 is 0 Å². The van der Waals surface area contributed by atoms with Gasteiger partial charge in [-0.3, -0.25) is 0 Å². The molecule has 0 bridgehead atoms. The van der Waals surface area contributed by atoms with Crippen LogP contribution in [0, 0.1) is 0 Å². The fourth-order valence-corrected chi connectivity index (χ4v) is 3.48. The smallest absolute Gasteiger partial charge is 0.239 e. The summed E-state index contributed by atoms with van der Waals surface area (Å²) in [5, 5.41) is 12.8. The van der Waals surface area contributed by atoms with E-state index in [1.807, 2.05) is 19.1 Å². The summed E-state index contributed by atoms with van der Waals surface area (Å²) in [7, 11) is 0. The minimum Gasteiger partial charge on any atom is -0.486 e. The lowest BCUT2D eigenvalue weighted by molar-refractivity contribution is 0.291. The third-order valence-corrected chi connectivity index (χ3v) is 5.56. The molecule has 0 unspecified atom stereocenters. The molecule has 0 aliphatic rings. The number of aromatic nitrogens is 5. The molecule has 0 radical (unpaired) electrons. The van der Waals surface area contributed by atoms with Crippen LogP contribution in [0.3, 0.4) is 0 Å². The van der Waals surface area contributed by atoms with Crippen LogP contribution in [0.25, 0.3) is 0 Å². The van der Waals surface area contributed by atoms with Gasteiger partial charge in [-0.25, -0.2) is 4.68 Å². The third kappa shape index (κ3) is 5.50. The first-order valence-corrected chi connectivity index (χ1v) is 10.8. The summed E-state index contributed by atoms with van der Waals surface area (Å²) < 4.78 is 12.6. The summed E-state index contributed by atoms with van der Waals surface area (Å²) >= 11 is 1.42. The number of unbranched alkanes of at least 4 members (excludes halogenated alkanes) is 1. The average Bonchev–Trinajstić information content (AvgIpc) is 3.32. The van der Waals surface area contributed by atoms with E-state index in [-0.39, 0.29) is 11.9 Å². The first-order chi connectivity index (χ1) is 14.0. The maximum Gasteiger partial charge on any atom is 0.239 e. The van der Waals surface area contributed by atoms with Crippen LogP contribution in [0.4, 0.5) is 0 Å². The van der Waals surface area contributed by atoms with Crippen molar-refractivity contribution in [2.45, 2.75) is 69.9 Å². The molecular formula is C20H28N6O2S. The molecule has 0 spiro atoms. The van der Waals surface area contributed by atoms with Gasteiger partial charge in [-0.05, 0) is 37.0 Å². The van der Waals surface area contributed by atoms with Crippen LogP contribution in [-0.4, -0.2) is 25.0 Å². The number of nitrogens with two attached hydrogens (primary N) is 1. The van der Waals surface area contributed by atoms with Gasteiger partial charge in [0, 0.05) is 6.42 Å². The summed E-state index contributed by atoms with van der Waals surface area (Å²) in [4.78, 5) is 4.45. The highest BCUT2D eigenvalue weighted by Gasteiger charge is 2.20. The van der Waals surface area contributed by atoms with E-state index in [4.69, 9.17) is 15.1 Å². The number of benzene rings is 1. The Balaban J connectivity index is 1.57.